The Bertz CT molecular complexity index is 598. The van der Waals surface area contributed by atoms with Gasteiger partial charge in [-0.15, -0.1) is 0 Å². The highest BCUT2D eigenvalue weighted by molar-refractivity contribution is 5.87. The predicted molar refractivity (Wildman–Crippen MR) is 89.5 cm³/mol. The Morgan fingerprint density at radius 3 is 2.46 bits per heavy atom. The summed E-state index contributed by atoms with van der Waals surface area (Å²) in [5.74, 6) is -1.02. The van der Waals surface area contributed by atoms with E-state index in [4.69, 9.17) is 5.11 Å². The van der Waals surface area contributed by atoms with Gasteiger partial charge in [0.1, 0.15) is 0 Å². The lowest BCUT2D eigenvalue weighted by Gasteiger charge is -2.27. The summed E-state index contributed by atoms with van der Waals surface area (Å²) >= 11 is 0. The molecule has 24 heavy (non-hydrogen) atoms. The smallest absolute Gasteiger partial charge is 0.335 e. The Hall–Kier alpha value is -2.37. The molecule has 6 nitrogen and oxygen atoms in total. The molecule has 1 N–H and O–H groups in total. The van der Waals surface area contributed by atoms with Crippen LogP contribution in [-0.2, 0) is 16.1 Å². The first-order valence-electron chi connectivity index (χ1n) is 8.31. The van der Waals surface area contributed by atoms with Crippen molar-refractivity contribution in [3.63, 3.8) is 0 Å². The topological polar surface area (TPSA) is 77.9 Å². The Labute approximate surface area is 142 Å². The number of carboxylic acids is 1. The molecule has 1 aromatic carbocycles. The second-order valence-electron chi connectivity index (χ2n) is 6.23. The van der Waals surface area contributed by atoms with E-state index in [0.29, 0.717) is 19.5 Å². The molecular weight excluding hydrogens is 308 g/mol. The van der Waals surface area contributed by atoms with E-state index in [1.807, 2.05) is 0 Å². The first kappa shape index (κ1) is 18.0. The van der Waals surface area contributed by atoms with E-state index < -0.39 is 5.97 Å². The first-order chi connectivity index (χ1) is 11.5. The van der Waals surface area contributed by atoms with Crippen LogP contribution < -0.4 is 0 Å². The van der Waals surface area contributed by atoms with E-state index in [1.54, 1.807) is 29.0 Å². The van der Waals surface area contributed by atoms with Crippen LogP contribution in [-0.4, -0.2) is 52.8 Å². The van der Waals surface area contributed by atoms with Crippen LogP contribution in [0.15, 0.2) is 24.3 Å². The lowest BCUT2D eigenvalue weighted by atomic mass is 10.1. The zero-order valence-electron chi connectivity index (χ0n) is 14.0. The number of carboxylic acid groups (broad SMARTS) is 1. The number of benzene rings is 1. The van der Waals surface area contributed by atoms with Crippen LogP contribution in [0.2, 0.25) is 0 Å². The summed E-state index contributed by atoms with van der Waals surface area (Å²) in [6, 6.07) is 6.46. The minimum atomic E-state index is -0.971. The normalized spacial score (nSPS) is 15.5. The number of likely N-dealkylation sites (N-methyl/N-ethyl adjacent to an activating group) is 1. The first-order valence-corrected chi connectivity index (χ1v) is 8.31. The molecule has 0 aromatic heterocycles. The molecule has 2 rings (SSSR count). The average Bonchev–Trinajstić information content (AvgIpc) is 2.55. The average molecular weight is 332 g/mol. The van der Waals surface area contributed by atoms with Crippen LogP contribution in [0, 0.1) is 0 Å². The molecule has 1 heterocycles. The van der Waals surface area contributed by atoms with Gasteiger partial charge in [-0.05, 0) is 30.5 Å². The van der Waals surface area contributed by atoms with Gasteiger partial charge in [-0.2, -0.15) is 0 Å². The molecule has 1 aliphatic rings. The molecule has 1 aromatic rings. The highest BCUT2D eigenvalue weighted by Crippen LogP contribution is 2.12. The van der Waals surface area contributed by atoms with Crippen molar-refractivity contribution in [2.75, 3.05) is 20.1 Å². The van der Waals surface area contributed by atoms with Crippen LogP contribution in [0.3, 0.4) is 0 Å². The van der Waals surface area contributed by atoms with Crippen LogP contribution >= 0.6 is 0 Å². The molecule has 130 valence electrons. The number of aromatic carboxylic acids is 1. The van der Waals surface area contributed by atoms with Crippen molar-refractivity contribution in [1.82, 2.24) is 9.80 Å². The SMILES string of the molecule is CN(Cc1ccc(C(=O)O)cc1)C(=O)CN1CCCCCCC1=O. The van der Waals surface area contributed by atoms with Crippen molar-refractivity contribution in [3.8, 4) is 0 Å². The lowest BCUT2D eigenvalue weighted by Crippen LogP contribution is -2.42. The highest BCUT2D eigenvalue weighted by Gasteiger charge is 2.20. The zero-order valence-corrected chi connectivity index (χ0v) is 14.0. The minimum absolute atomic E-state index is 0.0576. The van der Waals surface area contributed by atoms with Gasteiger partial charge in [0.25, 0.3) is 0 Å². The molecule has 0 bridgehead atoms. The van der Waals surface area contributed by atoms with E-state index in [2.05, 4.69) is 0 Å². The molecule has 1 aliphatic heterocycles. The summed E-state index contributed by atoms with van der Waals surface area (Å²) in [6.07, 6.45) is 4.55. The third-order valence-corrected chi connectivity index (χ3v) is 4.29. The molecule has 2 amide bonds. The van der Waals surface area contributed by atoms with Crippen molar-refractivity contribution >= 4 is 17.8 Å². The van der Waals surface area contributed by atoms with E-state index in [9.17, 15) is 14.4 Å². The summed E-state index contributed by atoms with van der Waals surface area (Å²) in [5, 5.41) is 8.89. The van der Waals surface area contributed by atoms with Gasteiger partial charge >= 0.3 is 5.97 Å². The molecule has 0 radical (unpaired) electrons. The molecule has 0 spiro atoms. The second-order valence-corrected chi connectivity index (χ2v) is 6.23. The largest absolute Gasteiger partial charge is 0.478 e. The monoisotopic (exact) mass is 332 g/mol. The van der Waals surface area contributed by atoms with Gasteiger partial charge in [-0.1, -0.05) is 25.0 Å². The third-order valence-electron chi connectivity index (χ3n) is 4.29. The van der Waals surface area contributed by atoms with Gasteiger partial charge < -0.3 is 14.9 Å². The van der Waals surface area contributed by atoms with Crippen LogP contribution in [0.1, 0.15) is 48.0 Å². The number of carbonyl (C=O) groups excluding carboxylic acids is 2. The summed E-state index contributed by atoms with van der Waals surface area (Å²) in [4.78, 5) is 38.5. The fourth-order valence-corrected chi connectivity index (χ4v) is 2.78. The van der Waals surface area contributed by atoms with E-state index in [-0.39, 0.29) is 23.9 Å². The Balaban J connectivity index is 1.90. The second kappa shape index (κ2) is 8.47. The van der Waals surface area contributed by atoms with Crippen LogP contribution in [0.4, 0.5) is 0 Å². The van der Waals surface area contributed by atoms with Gasteiger partial charge in [-0.25, -0.2) is 4.79 Å². The van der Waals surface area contributed by atoms with Gasteiger partial charge in [0.15, 0.2) is 0 Å². The summed E-state index contributed by atoms with van der Waals surface area (Å²) in [7, 11) is 1.70. The Morgan fingerprint density at radius 2 is 1.79 bits per heavy atom. The van der Waals surface area contributed by atoms with E-state index in [0.717, 1.165) is 31.2 Å². The number of hydrogen-bond donors (Lipinski definition) is 1. The molecule has 0 saturated carbocycles. The fraction of sp³-hybridized carbons (Fsp3) is 0.500. The molecular formula is C18H24N2O4. The standard InChI is InChI=1S/C18H24N2O4/c1-19(12-14-7-9-15(10-8-14)18(23)24)17(22)13-20-11-5-3-2-4-6-16(20)21/h7-10H,2-6,11-13H2,1H3,(H,23,24). The molecule has 6 heteroatoms. The molecule has 1 saturated heterocycles. The summed E-state index contributed by atoms with van der Waals surface area (Å²) < 4.78 is 0. The minimum Gasteiger partial charge on any atom is -0.478 e. The lowest BCUT2D eigenvalue weighted by molar-refractivity contribution is -0.140. The van der Waals surface area contributed by atoms with Crippen molar-refractivity contribution in [2.24, 2.45) is 0 Å². The van der Waals surface area contributed by atoms with Crippen molar-refractivity contribution in [1.29, 1.82) is 0 Å². The van der Waals surface area contributed by atoms with E-state index in [1.165, 1.54) is 12.1 Å². The zero-order chi connectivity index (χ0) is 17.5. The summed E-state index contributed by atoms with van der Waals surface area (Å²) in [6.45, 7) is 1.15. The number of rotatable bonds is 5. The van der Waals surface area contributed by atoms with Crippen molar-refractivity contribution in [3.05, 3.63) is 35.4 Å². The number of likely N-dealkylation sites (tertiary alicyclic amines) is 1. The number of nitrogens with zero attached hydrogens (tertiary/aromatic N) is 2. The number of amides is 2. The Kier molecular flexibility index (Phi) is 6.35. The van der Waals surface area contributed by atoms with Gasteiger partial charge in [0.2, 0.25) is 11.8 Å². The number of hydrogen-bond acceptors (Lipinski definition) is 3. The summed E-state index contributed by atoms with van der Waals surface area (Å²) in [5.41, 5.74) is 1.08. The molecule has 0 atom stereocenters. The quantitative estimate of drug-likeness (QED) is 0.896. The molecule has 0 unspecified atom stereocenters. The molecule has 1 fully saturated rings. The van der Waals surface area contributed by atoms with E-state index >= 15 is 0 Å². The predicted octanol–water partition coefficient (Wildman–Crippen LogP) is 2.14. The van der Waals surface area contributed by atoms with Gasteiger partial charge in [0, 0.05) is 26.6 Å². The van der Waals surface area contributed by atoms with Crippen LogP contribution in [0.5, 0.6) is 0 Å². The van der Waals surface area contributed by atoms with Gasteiger partial charge in [-0.3, -0.25) is 9.59 Å². The van der Waals surface area contributed by atoms with Crippen molar-refractivity contribution in [2.45, 2.75) is 38.6 Å². The maximum Gasteiger partial charge on any atom is 0.335 e. The van der Waals surface area contributed by atoms with Crippen molar-refractivity contribution < 1.29 is 19.5 Å². The maximum atomic E-state index is 12.4. The third kappa shape index (κ3) is 5.08. The molecule has 0 aliphatic carbocycles. The van der Waals surface area contributed by atoms with Gasteiger partial charge in [0.05, 0.1) is 12.1 Å². The van der Waals surface area contributed by atoms with Crippen LogP contribution in [0.25, 0.3) is 0 Å². The maximum absolute atomic E-state index is 12.4. The number of carbonyl (C=O) groups is 3. The fourth-order valence-electron chi connectivity index (χ4n) is 2.78. The Morgan fingerprint density at radius 1 is 1.12 bits per heavy atom. The highest BCUT2D eigenvalue weighted by atomic mass is 16.4.